The van der Waals surface area contributed by atoms with Gasteiger partial charge >= 0.3 is 6.03 Å². The molecule has 0 radical (unpaired) electrons. The molecule has 2 aromatic rings. The van der Waals surface area contributed by atoms with E-state index in [9.17, 15) is 4.79 Å². The Labute approximate surface area is 133 Å². The molecule has 0 fully saturated rings. The molecule has 0 aromatic heterocycles. The monoisotopic (exact) mass is 315 g/mol. The fourth-order valence-electron chi connectivity index (χ4n) is 1.82. The summed E-state index contributed by atoms with van der Waals surface area (Å²) in [5, 5.41) is 14.5. The average molecular weight is 316 g/mol. The van der Waals surface area contributed by atoms with E-state index in [2.05, 4.69) is 10.6 Å². The number of halogens is 1. The Bertz CT molecular complexity index is 726. The van der Waals surface area contributed by atoms with Crippen LogP contribution in [0.25, 0.3) is 0 Å². The van der Waals surface area contributed by atoms with E-state index in [1.165, 1.54) is 6.07 Å². The van der Waals surface area contributed by atoms with Crippen LogP contribution in [0.5, 0.6) is 5.75 Å². The number of amides is 2. The van der Waals surface area contributed by atoms with Crippen LogP contribution in [0.2, 0.25) is 5.02 Å². The number of nitrogens with one attached hydrogen (secondary N) is 2. The molecule has 0 spiro atoms. The number of nitriles is 1. The molecule has 0 aliphatic carbocycles. The molecule has 2 amide bonds. The van der Waals surface area contributed by atoms with Crippen LogP contribution in [0.3, 0.4) is 0 Å². The summed E-state index contributed by atoms with van der Waals surface area (Å²) in [4.78, 5) is 11.8. The number of carbonyl (C=O) groups is 1. The van der Waals surface area contributed by atoms with Gasteiger partial charge in [-0.25, -0.2) is 4.79 Å². The van der Waals surface area contributed by atoms with Gasteiger partial charge in [0.15, 0.2) is 0 Å². The van der Waals surface area contributed by atoms with Crippen molar-refractivity contribution in [2.75, 3.05) is 12.4 Å². The molecule has 5 nitrogen and oxygen atoms in total. The third kappa shape index (κ3) is 4.14. The van der Waals surface area contributed by atoms with Gasteiger partial charge in [0.05, 0.1) is 17.7 Å². The van der Waals surface area contributed by atoms with Crippen LogP contribution in [0.4, 0.5) is 10.5 Å². The molecule has 22 heavy (non-hydrogen) atoms. The van der Waals surface area contributed by atoms with Crippen LogP contribution < -0.4 is 15.4 Å². The Balaban J connectivity index is 1.93. The van der Waals surface area contributed by atoms with Crippen LogP contribution in [0, 0.1) is 11.3 Å². The number of benzene rings is 2. The Kier molecular flexibility index (Phi) is 5.23. The number of anilines is 1. The number of rotatable bonds is 4. The number of ether oxygens (including phenoxy) is 1. The third-order valence-electron chi connectivity index (χ3n) is 2.93. The molecule has 0 bridgehead atoms. The van der Waals surface area contributed by atoms with Crippen molar-refractivity contribution in [3.05, 3.63) is 58.6 Å². The zero-order valence-electron chi connectivity index (χ0n) is 11.9. The van der Waals surface area contributed by atoms with Gasteiger partial charge in [0.1, 0.15) is 11.8 Å². The molecular weight excluding hydrogens is 302 g/mol. The lowest BCUT2D eigenvalue weighted by Gasteiger charge is -2.09. The van der Waals surface area contributed by atoms with Crippen LogP contribution in [-0.2, 0) is 6.54 Å². The van der Waals surface area contributed by atoms with Crippen LogP contribution >= 0.6 is 11.6 Å². The van der Waals surface area contributed by atoms with Crippen molar-refractivity contribution >= 4 is 23.3 Å². The molecule has 0 atom stereocenters. The largest absolute Gasteiger partial charge is 0.497 e. The fraction of sp³-hybridized carbons (Fsp3) is 0.125. The van der Waals surface area contributed by atoms with Gasteiger partial charge < -0.3 is 15.4 Å². The maximum atomic E-state index is 11.8. The zero-order chi connectivity index (χ0) is 15.9. The number of carbonyl (C=O) groups excluding carboxylic acids is 1. The van der Waals surface area contributed by atoms with Crippen molar-refractivity contribution in [2.45, 2.75) is 6.54 Å². The highest BCUT2D eigenvalue weighted by Gasteiger charge is 2.05. The first-order valence-electron chi connectivity index (χ1n) is 6.50. The normalized spacial score (nSPS) is 9.68. The molecule has 0 saturated heterocycles. The molecule has 2 N–H and O–H groups in total. The van der Waals surface area contributed by atoms with Gasteiger partial charge in [-0.3, -0.25) is 0 Å². The summed E-state index contributed by atoms with van der Waals surface area (Å²) < 4.78 is 5.12. The highest BCUT2D eigenvalue weighted by Crippen LogP contribution is 2.20. The Morgan fingerprint density at radius 1 is 1.32 bits per heavy atom. The van der Waals surface area contributed by atoms with E-state index >= 15 is 0 Å². The number of hydrogen-bond acceptors (Lipinski definition) is 3. The minimum atomic E-state index is -0.358. The van der Waals surface area contributed by atoms with E-state index in [0.29, 0.717) is 22.8 Å². The van der Waals surface area contributed by atoms with Crippen molar-refractivity contribution in [1.29, 1.82) is 5.26 Å². The maximum absolute atomic E-state index is 11.8. The van der Waals surface area contributed by atoms with E-state index in [0.717, 1.165) is 11.3 Å². The van der Waals surface area contributed by atoms with Gasteiger partial charge in [0.25, 0.3) is 0 Å². The SMILES string of the molecule is COc1cccc(CNC(=O)Nc2ccc(C#N)c(Cl)c2)c1. The number of hydrogen-bond donors (Lipinski definition) is 2. The highest BCUT2D eigenvalue weighted by molar-refractivity contribution is 6.32. The van der Waals surface area contributed by atoms with E-state index in [4.69, 9.17) is 21.6 Å². The van der Waals surface area contributed by atoms with Crippen molar-refractivity contribution in [3.63, 3.8) is 0 Å². The lowest BCUT2D eigenvalue weighted by atomic mass is 10.2. The smallest absolute Gasteiger partial charge is 0.319 e. The lowest BCUT2D eigenvalue weighted by Crippen LogP contribution is -2.28. The van der Waals surface area contributed by atoms with E-state index < -0.39 is 0 Å². The second-order valence-electron chi connectivity index (χ2n) is 4.47. The summed E-state index contributed by atoms with van der Waals surface area (Å²) >= 11 is 5.91. The summed E-state index contributed by atoms with van der Waals surface area (Å²) in [5.41, 5.74) is 1.81. The molecule has 2 aromatic carbocycles. The minimum Gasteiger partial charge on any atom is -0.497 e. The summed E-state index contributed by atoms with van der Waals surface area (Å²) in [6.07, 6.45) is 0. The summed E-state index contributed by atoms with van der Waals surface area (Å²) in [6.45, 7) is 0.368. The molecule has 0 aliphatic heterocycles. The molecule has 2 rings (SSSR count). The van der Waals surface area contributed by atoms with Gasteiger partial charge in [0, 0.05) is 12.2 Å². The molecule has 0 aliphatic rings. The van der Waals surface area contributed by atoms with E-state index in [1.807, 2.05) is 30.3 Å². The second-order valence-corrected chi connectivity index (χ2v) is 4.87. The molecule has 0 heterocycles. The Hall–Kier alpha value is -2.71. The first-order chi connectivity index (χ1) is 10.6. The van der Waals surface area contributed by atoms with Crippen LogP contribution in [0.15, 0.2) is 42.5 Å². The summed E-state index contributed by atoms with van der Waals surface area (Å²) in [7, 11) is 1.59. The number of methoxy groups -OCH3 is 1. The predicted molar refractivity (Wildman–Crippen MR) is 85.0 cm³/mol. The lowest BCUT2D eigenvalue weighted by molar-refractivity contribution is 0.251. The quantitative estimate of drug-likeness (QED) is 0.906. The molecule has 112 valence electrons. The van der Waals surface area contributed by atoms with Crippen LogP contribution in [0.1, 0.15) is 11.1 Å². The van der Waals surface area contributed by atoms with Crippen molar-refractivity contribution in [3.8, 4) is 11.8 Å². The summed E-state index contributed by atoms with van der Waals surface area (Å²) in [6, 6.07) is 13.7. The Morgan fingerprint density at radius 2 is 2.14 bits per heavy atom. The second kappa shape index (κ2) is 7.34. The maximum Gasteiger partial charge on any atom is 0.319 e. The third-order valence-corrected chi connectivity index (χ3v) is 3.25. The van der Waals surface area contributed by atoms with Crippen molar-refractivity contribution in [1.82, 2.24) is 5.32 Å². The standard InChI is InChI=1S/C16H14ClN3O2/c1-22-14-4-2-3-11(7-14)10-19-16(21)20-13-6-5-12(9-18)15(17)8-13/h2-8H,10H2,1H3,(H2,19,20,21). The Morgan fingerprint density at radius 3 is 2.82 bits per heavy atom. The van der Waals surface area contributed by atoms with E-state index in [-0.39, 0.29) is 6.03 Å². The van der Waals surface area contributed by atoms with Crippen molar-refractivity contribution in [2.24, 2.45) is 0 Å². The fourth-order valence-corrected chi connectivity index (χ4v) is 2.05. The van der Waals surface area contributed by atoms with Gasteiger partial charge in [-0.15, -0.1) is 0 Å². The van der Waals surface area contributed by atoms with Crippen molar-refractivity contribution < 1.29 is 9.53 Å². The van der Waals surface area contributed by atoms with Gasteiger partial charge in [-0.05, 0) is 35.9 Å². The summed E-state index contributed by atoms with van der Waals surface area (Å²) in [5.74, 6) is 0.735. The van der Waals surface area contributed by atoms with Crippen LogP contribution in [-0.4, -0.2) is 13.1 Å². The minimum absolute atomic E-state index is 0.299. The molecule has 6 heteroatoms. The van der Waals surface area contributed by atoms with Gasteiger partial charge in [-0.1, -0.05) is 23.7 Å². The topological polar surface area (TPSA) is 74.2 Å². The number of nitrogens with zero attached hydrogens (tertiary/aromatic N) is 1. The zero-order valence-corrected chi connectivity index (χ0v) is 12.6. The highest BCUT2D eigenvalue weighted by atomic mass is 35.5. The van der Waals surface area contributed by atoms with Gasteiger partial charge in [0.2, 0.25) is 0 Å². The first-order valence-corrected chi connectivity index (χ1v) is 6.87. The first kappa shape index (κ1) is 15.7. The van der Waals surface area contributed by atoms with Gasteiger partial charge in [-0.2, -0.15) is 5.26 Å². The molecule has 0 saturated carbocycles. The average Bonchev–Trinajstić information content (AvgIpc) is 2.53. The number of urea groups is 1. The molecular formula is C16H14ClN3O2. The van der Waals surface area contributed by atoms with E-state index in [1.54, 1.807) is 19.2 Å². The molecule has 0 unspecified atom stereocenters. The predicted octanol–water partition coefficient (Wildman–Crippen LogP) is 3.54.